The number of carbonyl (C=O) groups excluding carboxylic acids is 3. The van der Waals surface area contributed by atoms with Gasteiger partial charge in [-0.2, -0.15) is 11.3 Å². The largest absolute Gasteiger partial charge is 0.467 e. The van der Waals surface area contributed by atoms with E-state index in [2.05, 4.69) is 17.6 Å². The summed E-state index contributed by atoms with van der Waals surface area (Å²) in [6.07, 6.45) is 3.80. The van der Waals surface area contributed by atoms with Crippen molar-refractivity contribution in [2.45, 2.75) is 51.0 Å². The monoisotopic (exact) mass is 366 g/mol. The summed E-state index contributed by atoms with van der Waals surface area (Å²) in [6, 6.07) is 1.76. The fourth-order valence-corrected chi connectivity index (χ4v) is 3.74. The molecule has 0 saturated heterocycles. The Bertz CT molecular complexity index is 592. The highest BCUT2D eigenvalue weighted by Gasteiger charge is 2.43. The molecule has 2 N–H and O–H groups in total. The first-order valence-electron chi connectivity index (χ1n) is 8.66. The fraction of sp³-hybridized carbons (Fsp3) is 0.611. The third kappa shape index (κ3) is 5.29. The number of methoxy groups -OCH3 is 1. The van der Waals surface area contributed by atoms with Crippen molar-refractivity contribution >= 4 is 29.1 Å². The molecule has 1 aromatic heterocycles. The third-order valence-electron chi connectivity index (χ3n) is 4.73. The molecule has 1 aliphatic rings. The van der Waals surface area contributed by atoms with Crippen LogP contribution in [0.3, 0.4) is 0 Å². The lowest BCUT2D eigenvalue weighted by Gasteiger charge is -2.37. The van der Waals surface area contributed by atoms with Crippen molar-refractivity contribution < 1.29 is 19.1 Å². The van der Waals surface area contributed by atoms with Gasteiger partial charge >= 0.3 is 5.97 Å². The van der Waals surface area contributed by atoms with Crippen molar-refractivity contribution in [3.63, 3.8) is 0 Å². The molecule has 2 rings (SSSR count). The van der Waals surface area contributed by atoms with Gasteiger partial charge in [0.25, 0.3) is 5.91 Å². The van der Waals surface area contributed by atoms with Crippen molar-refractivity contribution in [2.24, 2.45) is 5.92 Å². The molecule has 0 aromatic carbocycles. The van der Waals surface area contributed by atoms with Gasteiger partial charge in [0.15, 0.2) is 0 Å². The lowest BCUT2D eigenvalue weighted by atomic mass is 9.77. The zero-order valence-electron chi connectivity index (χ0n) is 14.8. The van der Waals surface area contributed by atoms with Crippen molar-refractivity contribution in [3.05, 3.63) is 22.4 Å². The molecule has 7 heteroatoms. The summed E-state index contributed by atoms with van der Waals surface area (Å²) in [5.74, 6) is -0.112. The third-order valence-corrected chi connectivity index (χ3v) is 5.42. The maximum atomic E-state index is 12.3. The Morgan fingerprint density at radius 3 is 2.64 bits per heavy atom. The Balaban J connectivity index is 1.77. The van der Waals surface area contributed by atoms with Gasteiger partial charge in [-0.1, -0.05) is 6.92 Å². The first-order valence-corrected chi connectivity index (χ1v) is 9.61. The maximum absolute atomic E-state index is 12.3. The molecule has 138 valence electrons. The second kappa shape index (κ2) is 8.99. The molecule has 6 nitrogen and oxygen atoms in total. The molecule has 1 aromatic rings. The van der Waals surface area contributed by atoms with E-state index in [1.54, 1.807) is 11.4 Å². The van der Waals surface area contributed by atoms with E-state index >= 15 is 0 Å². The molecule has 1 saturated carbocycles. The Morgan fingerprint density at radius 1 is 1.32 bits per heavy atom. The summed E-state index contributed by atoms with van der Waals surface area (Å²) in [5.41, 5.74) is -0.256. The Labute approximate surface area is 152 Å². The number of amides is 2. The minimum Gasteiger partial charge on any atom is -0.467 e. The minimum absolute atomic E-state index is 0.131. The van der Waals surface area contributed by atoms with Crippen LogP contribution in [-0.2, 0) is 14.3 Å². The van der Waals surface area contributed by atoms with Gasteiger partial charge in [0.05, 0.1) is 7.11 Å². The number of hydrogen-bond donors (Lipinski definition) is 2. The predicted molar refractivity (Wildman–Crippen MR) is 96.4 cm³/mol. The van der Waals surface area contributed by atoms with Gasteiger partial charge < -0.3 is 15.4 Å². The fourth-order valence-electron chi connectivity index (χ4n) is 3.11. The van der Waals surface area contributed by atoms with E-state index in [9.17, 15) is 14.4 Å². The van der Waals surface area contributed by atoms with Gasteiger partial charge in [0, 0.05) is 23.9 Å². The van der Waals surface area contributed by atoms with Crippen LogP contribution in [0.2, 0.25) is 0 Å². The Hall–Kier alpha value is -1.89. The highest BCUT2D eigenvalue weighted by molar-refractivity contribution is 7.08. The van der Waals surface area contributed by atoms with E-state index in [1.807, 2.05) is 5.38 Å². The van der Waals surface area contributed by atoms with Crippen LogP contribution in [0, 0.1) is 5.92 Å². The molecule has 1 aliphatic carbocycles. The van der Waals surface area contributed by atoms with E-state index in [0.717, 1.165) is 12.8 Å². The van der Waals surface area contributed by atoms with E-state index in [0.29, 0.717) is 37.3 Å². The van der Waals surface area contributed by atoms with Gasteiger partial charge in [-0.15, -0.1) is 0 Å². The minimum atomic E-state index is -0.891. The summed E-state index contributed by atoms with van der Waals surface area (Å²) in [5, 5.41) is 9.32. The first-order chi connectivity index (χ1) is 12.0. The molecular weight excluding hydrogens is 340 g/mol. The van der Waals surface area contributed by atoms with Crippen LogP contribution in [-0.4, -0.2) is 37.0 Å². The number of nitrogens with one attached hydrogen (secondary N) is 2. The summed E-state index contributed by atoms with van der Waals surface area (Å²) in [7, 11) is 1.36. The zero-order valence-corrected chi connectivity index (χ0v) is 15.6. The molecule has 0 radical (unpaired) electrons. The van der Waals surface area contributed by atoms with Gasteiger partial charge in [-0.3, -0.25) is 9.59 Å². The number of hydrogen-bond acceptors (Lipinski definition) is 5. The van der Waals surface area contributed by atoms with Gasteiger partial charge in [-0.05, 0) is 49.5 Å². The van der Waals surface area contributed by atoms with Crippen LogP contribution in [0.25, 0.3) is 0 Å². The Morgan fingerprint density at radius 2 is 2.04 bits per heavy atom. The quantitative estimate of drug-likeness (QED) is 0.574. The summed E-state index contributed by atoms with van der Waals surface area (Å²) in [4.78, 5) is 36.3. The van der Waals surface area contributed by atoms with Crippen LogP contribution >= 0.6 is 11.3 Å². The number of thiophene rings is 1. The average molecular weight is 366 g/mol. The van der Waals surface area contributed by atoms with E-state index in [4.69, 9.17) is 4.74 Å². The second-order valence-corrected chi connectivity index (χ2v) is 7.46. The number of ether oxygens (including phenoxy) is 1. The second-order valence-electron chi connectivity index (χ2n) is 6.68. The van der Waals surface area contributed by atoms with Crippen molar-refractivity contribution in [1.29, 1.82) is 0 Å². The number of esters is 1. The van der Waals surface area contributed by atoms with Gasteiger partial charge in [-0.25, -0.2) is 4.79 Å². The topological polar surface area (TPSA) is 84.5 Å². The molecular formula is C18H26N2O4S. The molecule has 0 unspecified atom stereocenters. The van der Waals surface area contributed by atoms with Crippen molar-refractivity contribution in [3.8, 4) is 0 Å². The molecule has 0 bridgehead atoms. The van der Waals surface area contributed by atoms with Gasteiger partial charge in [0.2, 0.25) is 5.91 Å². The highest BCUT2D eigenvalue weighted by Crippen LogP contribution is 2.33. The summed E-state index contributed by atoms with van der Waals surface area (Å²) >= 11 is 1.47. The normalized spacial score (nSPS) is 22.9. The van der Waals surface area contributed by atoms with E-state index < -0.39 is 5.54 Å². The van der Waals surface area contributed by atoms with Crippen LogP contribution in [0.5, 0.6) is 0 Å². The summed E-state index contributed by atoms with van der Waals surface area (Å²) < 4.78 is 4.92. The first kappa shape index (κ1) is 19.4. The lowest BCUT2D eigenvalue weighted by molar-refractivity contribution is -0.153. The zero-order chi connectivity index (χ0) is 18.3. The van der Waals surface area contributed by atoms with Crippen LogP contribution < -0.4 is 10.6 Å². The number of rotatable bonds is 7. The van der Waals surface area contributed by atoms with E-state index in [1.165, 1.54) is 18.4 Å². The maximum Gasteiger partial charge on any atom is 0.331 e. The molecule has 1 fully saturated rings. The van der Waals surface area contributed by atoms with Crippen LogP contribution in [0.1, 0.15) is 55.8 Å². The molecule has 2 amide bonds. The smallest absolute Gasteiger partial charge is 0.331 e. The predicted octanol–water partition coefficient (Wildman–Crippen LogP) is 2.50. The number of carbonyl (C=O) groups is 3. The van der Waals surface area contributed by atoms with Crippen molar-refractivity contribution in [2.75, 3.05) is 13.7 Å². The standard InChI is InChI=1S/C18H26N2O4S/c1-13-5-8-18(9-6-13,17(23)24-2)20-15(21)4-3-10-19-16(22)14-7-11-25-12-14/h7,11-13H,3-6,8-10H2,1-2H3,(H,19,22)(H,20,21). The summed E-state index contributed by atoms with van der Waals surface area (Å²) in [6.45, 7) is 2.57. The SMILES string of the molecule is COC(=O)C1(NC(=O)CCCNC(=O)c2ccsc2)CCC(C)CC1. The average Bonchev–Trinajstić information content (AvgIpc) is 3.14. The molecule has 1 heterocycles. The molecule has 0 spiro atoms. The lowest BCUT2D eigenvalue weighted by Crippen LogP contribution is -2.56. The molecule has 0 atom stereocenters. The molecule has 25 heavy (non-hydrogen) atoms. The van der Waals surface area contributed by atoms with Crippen LogP contribution in [0.15, 0.2) is 16.8 Å². The van der Waals surface area contributed by atoms with Crippen LogP contribution in [0.4, 0.5) is 0 Å². The Kier molecular flexibility index (Phi) is 6.99. The van der Waals surface area contributed by atoms with Crippen molar-refractivity contribution in [1.82, 2.24) is 10.6 Å². The van der Waals surface area contributed by atoms with Gasteiger partial charge in [0.1, 0.15) is 5.54 Å². The molecule has 0 aliphatic heterocycles. The highest BCUT2D eigenvalue weighted by atomic mass is 32.1. The van der Waals surface area contributed by atoms with E-state index in [-0.39, 0.29) is 24.2 Å².